The molecular weight excluding hydrogens is 350 g/mol. The van der Waals surface area contributed by atoms with Crippen molar-refractivity contribution in [2.45, 2.75) is 19.9 Å². The summed E-state index contributed by atoms with van der Waals surface area (Å²) in [5.74, 6) is 0.766. The third kappa shape index (κ3) is 3.79. The normalized spacial score (nSPS) is 12.2. The molecule has 1 atom stereocenters. The minimum Gasteiger partial charge on any atom is -0.497 e. The maximum atomic E-state index is 6.45. The molecule has 0 radical (unpaired) electrons. The molecule has 21 heavy (non-hydrogen) atoms. The van der Waals surface area contributed by atoms with Crippen LogP contribution in [0.3, 0.4) is 0 Å². The lowest BCUT2D eigenvalue weighted by Crippen LogP contribution is -2.22. The molecule has 2 nitrogen and oxygen atoms in total. The molecule has 112 valence electrons. The van der Waals surface area contributed by atoms with E-state index in [2.05, 4.69) is 53.3 Å². The van der Waals surface area contributed by atoms with Crippen LogP contribution in [0.15, 0.2) is 40.9 Å². The molecule has 2 aromatic rings. The molecule has 0 aromatic heterocycles. The van der Waals surface area contributed by atoms with Gasteiger partial charge in [0.25, 0.3) is 0 Å². The second-order valence-corrected chi connectivity index (χ2v) is 6.16. The SMILES string of the molecule is CCNC(c1ccc(OC)cc1Cl)c1cc(C)ccc1Br. The topological polar surface area (TPSA) is 21.3 Å². The number of hydrogen-bond donors (Lipinski definition) is 1. The van der Waals surface area contributed by atoms with Crippen LogP contribution in [0.4, 0.5) is 0 Å². The van der Waals surface area contributed by atoms with Crippen molar-refractivity contribution in [1.82, 2.24) is 5.32 Å². The van der Waals surface area contributed by atoms with Gasteiger partial charge in [0.2, 0.25) is 0 Å². The van der Waals surface area contributed by atoms with Crippen molar-refractivity contribution in [3.05, 3.63) is 62.6 Å². The van der Waals surface area contributed by atoms with E-state index in [0.29, 0.717) is 5.02 Å². The van der Waals surface area contributed by atoms with Crippen molar-refractivity contribution in [1.29, 1.82) is 0 Å². The number of hydrogen-bond acceptors (Lipinski definition) is 2. The first-order valence-corrected chi connectivity index (χ1v) is 8.06. The Morgan fingerprint density at radius 1 is 1.19 bits per heavy atom. The van der Waals surface area contributed by atoms with E-state index in [0.717, 1.165) is 22.3 Å². The van der Waals surface area contributed by atoms with Crippen LogP contribution in [0.1, 0.15) is 29.7 Å². The lowest BCUT2D eigenvalue weighted by molar-refractivity contribution is 0.414. The zero-order chi connectivity index (χ0) is 15.4. The quantitative estimate of drug-likeness (QED) is 0.791. The van der Waals surface area contributed by atoms with Crippen LogP contribution < -0.4 is 10.1 Å². The van der Waals surface area contributed by atoms with E-state index in [4.69, 9.17) is 16.3 Å². The first kappa shape index (κ1) is 16.3. The molecule has 0 aliphatic heterocycles. The maximum absolute atomic E-state index is 6.45. The fourth-order valence-corrected chi connectivity index (χ4v) is 3.10. The highest BCUT2D eigenvalue weighted by Gasteiger charge is 2.19. The lowest BCUT2D eigenvalue weighted by Gasteiger charge is -2.22. The van der Waals surface area contributed by atoms with E-state index >= 15 is 0 Å². The van der Waals surface area contributed by atoms with Crippen LogP contribution >= 0.6 is 27.5 Å². The molecule has 0 aliphatic rings. The van der Waals surface area contributed by atoms with Crippen molar-refractivity contribution >= 4 is 27.5 Å². The Morgan fingerprint density at radius 3 is 2.57 bits per heavy atom. The number of halogens is 2. The van der Waals surface area contributed by atoms with Gasteiger partial charge in [-0.05, 0) is 42.8 Å². The largest absolute Gasteiger partial charge is 0.497 e. The van der Waals surface area contributed by atoms with Gasteiger partial charge in [-0.1, -0.05) is 58.2 Å². The van der Waals surface area contributed by atoms with E-state index in [1.807, 2.05) is 18.2 Å². The molecule has 0 saturated carbocycles. The van der Waals surface area contributed by atoms with E-state index < -0.39 is 0 Å². The summed E-state index contributed by atoms with van der Waals surface area (Å²) in [6.45, 7) is 5.04. The standard InChI is InChI=1S/C17H19BrClNO/c1-4-20-17(14-9-11(2)5-8-15(14)18)13-7-6-12(21-3)10-16(13)19/h5-10,17,20H,4H2,1-3H3. The Bertz CT molecular complexity index is 630. The summed E-state index contributed by atoms with van der Waals surface area (Å²) in [6, 6.07) is 12.2. The molecule has 2 aromatic carbocycles. The third-order valence-electron chi connectivity index (χ3n) is 3.39. The molecule has 1 unspecified atom stereocenters. The maximum Gasteiger partial charge on any atom is 0.120 e. The highest BCUT2D eigenvalue weighted by molar-refractivity contribution is 9.10. The average Bonchev–Trinajstić information content (AvgIpc) is 2.48. The Hall–Kier alpha value is -1.03. The van der Waals surface area contributed by atoms with Crippen molar-refractivity contribution in [3.8, 4) is 5.75 Å². The molecule has 1 N–H and O–H groups in total. The van der Waals surface area contributed by atoms with E-state index in [9.17, 15) is 0 Å². The monoisotopic (exact) mass is 367 g/mol. The summed E-state index contributed by atoms with van der Waals surface area (Å²) in [7, 11) is 1.64. The lowest BCUT2D eigenvalue weighted by atomic mass is 9.97. The molecular formula is C17H19BrClNO. The van der Waals surface area contributed by atoms with Gasteiger partial charge in [0.15, 0.2) is 0 Å². The van der Waals surface area contributed by atoms with Gasteiger partial charge >= 0.3 is 0 Å². The molecule has 0 heterocycles. The van der Waals surface area contributed by atoms with Gasteiger partial charge in [-0.15, -0.1) is 0 Å². The Balaban J connectivity index is 2.50. The van der Waals surface area contributed by atoms with Gasteiger partial charge in [-0.2, -0.15) is 0 Å². The highest BCUT2D eigenvalue weighted by Crippen LogP contribution is 2.34. The average molecular weight is 369 g/mol. The minimum atomic E-state index is 0.0441. The highest BCUT2D eigenvalue weighted by atomic mass is 79.9. The van der Waals surface area contributed by atoms with Crippen LogP contribution in [-0.4, -0.2) is 13.7 Å². The van der Waals surface area contributed by atoms with Crippen LogP contribution in [0, 0.1) is 6.92 Å². The van der Waals surface area contributed by atoms with Gasteiger partial charge in [0.05, 0.1) is 13.2 Å². The summed E-state index contributed by atoms with van der Waals surface area (Å²) in [5.41, 5.74) is 3.45. The molecule has 0 spiro atoms. The fraction of sp³-hybridized carbons (Fsp3) is 0.294. The Morgan fingerprint density at radius 2 is 1.95 bits per heavy atom. The molecule has 0 saturated heterocycles. The van der Waals surface area contributed by atoms with Crippen LogP contribution in [0.25, 0.3) is 0 Å². The summed E-state index contributed by atoms with van der Waals surface area (Å²) >= 11 is 10.1. The predicted molar refractivity (Wildman–Crippen MR) is 92.4 cm³/mol. The molecule has 4 heteroatoms. The molecule has 0 amide bonds. The minimum absolute atomic E-state index is 0.0441. The number of nitrogens with one attached hydrogen (secondary N) is 1. The zero-order valence-corrected chi connectivity index (χ0v) is 14.8. The van der Waals surface area contributed by atoms with Gasteiger partial charge in [0.1, 0.15) is 5.75 Å². The van der Waals surface area contributed by atoms with Gasteiger partial charge < -0.3 is 10.1 Å². The van der Waals surface area contributed by atoms with Crippen molar-refractivity contribution in [3.63, 3.8) is 0 Å². The van der Waals surface area contributed by atoms with Gasteiger partial charge in [-0.25, -0.2) is 0 Å². The van der Waals surface area contributed by atoms with Crippen molar-refractivity contribution in [2.75, 3.05) is 13.7 Å². The summed E-state index contributed by atoms with van der Waals surface area (Å²) < 4.78 is 6.30. The number of methoxy groups -OCH3 is 1. The van der Waals surface area contributed by atoms with Gasteiger partial charge in [0, 0.05) is 9.50 Å². The van der Waals surface area contributed by atoms with Crippen molar-refractivity contribution in [2.24, 2.45) is 0 Å². The van der Waals surface area contributed by atoms with Crippen molar-refractivity contribution < 1.29 is 4.74 Å². The fourth-order valence-electron chi connectivity index (χ4n) is 2.34. The first-order chi connectivity index (χ1) is 10.1. The third-order valence-corrected chi connectivity index (χ3v) is 4.44. The second kappa shape index (κ2) is 7.30. The summed E-state index contributed by atoms with van der Waals surface area (Å²) in [4.78, 5) is 0. The Labute approximate surface area is 139 Å². The van der Waals surface area contributed by atoms with E-state index in [1.165, 1.54) is 11.1 Å². The Kier molecular flexibility index (Phi) is 5.68. The van der Waals surface area contributed by atoms with E-state index in [1.54, 1.807) is 7.11 Å². The van der Waals surface area contributed by atoms with Gasteiger partial charge in [-0.3, -0.25) is 0 Å². The van der Waals surface area contributed by atoms with E-state index in [-0.39, 0.29) is 6.04 Å². The number of rotatable bonds is 5. The summed E-state index contributed by atoms with van der Waals surface area (Å²) in [6.07, 6.45) is 0. The van der Waals surface area contributed by atoms with Crippen LogP contribution in [-0.2, 0) is 0 Å². The molecule has 0 fully saturated rings. The van der Waals surface area contributed by atoms with Crippen LogP contribution in [0.2, 0.25) is 5.02 Å². The first-order valence-electron chi connectivity index (χ1n) is 6.89. The number of aryl methyl sites for hydroxylation is 1. The zero-order valence-electron chi connectivity index (χ0n) is 12.4. The summed E-state index contributed by atoms with van der Waals surface area (Å²) in [5, 5.41) is 4.21. The number of ether oxygens (including phenoxy) is 1. The second-order valence-electron chi connectivity index (χ2n) is 4.90. The number of benzene rings is 2. The molecule has 2 rings (SSSR count). The smallest absolute Gasteiger partial charge is 0.120 e. The predicted octanol–water partition coefficient (Wildman–Crippen LogP) is 5.12. The molecule has 0 bridgehead atoms. The van der Waals surface area contributed by atoms with Crippen LogP contribution in [0.5, 0.6) is 5.75 Å². The molecule has 0 aliphatic carbocycles.